The quantitative estimate of drug-likeness (QED) is 0.713. The van der Waals surface area contributed by atoms with Gasteiger partial charge < -0.3 is 5.32 Å². The minimum absolute atomic E-state index is 0.0959. The van der Waals surface area contributed by atoms with Crippen LogP contribution in [0.4, 0.5) is 0 Å². The van der Waals surface area contributed by atoms with E-state index in [0.717, 1.165) is 0 Å². The summed E-state index contributed by atoms with van der Waals surface area (Å²) < 4.78 is 0. The second-order valence-electron chi connectivity index (χ2n) is 5.86. The lowest BCUT2D eigenvalue weighted by molar-refractivity contribution is 0.261. The molecular formula is C12H22ClN. The smallest absolute Gasteiger partial charge is 0.0598 e. The Morgan fingerprint density at radius 1 is 1.29 bits per heavy atom. The minimum Gasteiger partial charge on any atom is -0.309 e. The average Bonchev–Trinajstić information content (AvgIpc) is 2.75. The highest BCUT2D eigenvalue weighted by Crippen LogP contribution is 2.47. The molecule has 0 radical (unpaired) electrons. The maximum absolute atomic E-state index is 6.40. The fourth-order valence-electron chi connectivity index (χ4n) is 2.64. The molecule has 0 aromatic heterocycles. The molecule has 0 aliphatic heterocycles. The predicted octanol–water partition coefficient (Wildman–Crippen LogP) is 3.31. The van der Waals surface area contributed by atoms with Crippen LogP contribution < -0.4 is 5.32 Å². The van der Waals surface area contributed by atoms with E-state index in [0.29, 0.717) is 17.5 Å². The Morgan fingerprint density at radius 2 is 1.93 bits per heavy atom. The Morgan fingerprint density at radius 3 is 2.36 bits per heavy atom. The maximum atomic E-state index is 6.40. The number of hydrogen-bond acceptors (Lipinski definition) is 1. The van der Waals surface area contributed by atoms with E-state index >= 15 is 0 Å². The van der Waals surface area contributed by atoms with Gasteiger partial charge in [-0.3, -0.25) is 0 Å². The molecule has 0 aromatic rings. The molecule has 0 bridgehead atoms. The molecule has 2 aliphatic rings. The van der Waals surface area contributed by atoms with Crippen molar-refractivity contribution in [2.75, 3.05) is 0 Å². The van der Waals surface area contributed by atoms with Crippen molar-refractivity contribution in [2.45, 2.75) is 69.8 Å². The molecule has 2 fully saturated rings. The van der Waals surface area contributed by atoms with Gasteiger partial charge in [0, 0.05) is 12.1 Å². The number of rotatable bonds is 3. The molecule has 2 unspecified atom stereocenters. The minimum atomic E-state index is 0.0959. The van der Waals surface area contributed by atoms with E-state index < -0.39 is 0 Å². The van der Waals surface area contributed by atoms with E-state index in [4.69, 9.17) is 11.6 Å². The predicted molar refractivity (Wildman–Crippen MR) is 61.8 cm³/mol. The van der Waals surface area contributed by atoms with Crippen molar-refractivity contribution in [2.24, 2.45) is 5.41 Å². The first-order chi connectivity index (χ1) is 6.44. The molecule has 0 amide bonds. The Hall–Kier alpha value is 0.250. The summed E-state index contributed by atoms with van der Waals surface area (Å²) >= 11 is 6.40. The molecule has 0 saturated heterocycles. The molecule has 0 spiro atoms. The Bertz CT molecular complexity index is 220. The fraction of sp³-hybridized carbons (Fsp3) is 1.00. The van der Waals surface area contributed by atoms with Crippen LogP contribution in [0.2, 0.25) is 0 Å². The number of nitrogens with one attached hydrogen (secondary N) is 1. The number of hydrogen-bond donors (Lipinski definition) is 1. The third-order valence-corrected chi connectivity index (χ3v) is 4.92. The van der Waals surface area contributed by atoms with E-state index in [1.54, 1.807) is 0 Å². The van der Waals surface area contributed by atoms with Crippen LogP contribution in [0.25, 0.3) is 0 Å². The monoisotopic (exact) mass is 215 g/mol. The zero-order chi connectivity index (χ0) is 10.4. The van der Waals surface area contributed by atoms with E-state index in [1.165, 1.54) is 32.1 Å². The van der Waals surface area contributed by atoms with Crippen molar-refractivity contribution in [1.82, 2.24) is 5.32 Å². The molecule has 2 rings (SSSR count). The highest BCUT2D eigenvalue weighted by molar-refractivity contribution is 6.26. The summed E-state index contributed by atoms with van der Waals surface area (Å²) in [6.07, 6.45) is 6.43. The highest BCUT2D eigenvalue weighted by Gasteiger charge is 2.47. The molecule has 1 N–H and O–H groups in total. The van der Waals surface area contributed by atoms with Gasteiger partial charge in [-0.15, -0.1) is 11.6 Å². The normalized spacial score (nSPS) is 35.6. The van der Waals surface area contributed by atoms with Gasteiger partial charge in [-0.25, -0.2) is 0 Å². The van der Waals surface area contributed by atoms with Crippen LogP contribution >= 0.6 is 11.6 Å². The summed E-state index contributed by atoms with van der Waals surface area (Å²) in [7, 11) is 0. The van der Waals surface area contributed by atoms with Crippen LogP contribution in [0.15, 0.2) is 0 Å². The van der Waals surface area contributed by atoms with Gasteiger partial charge in [0.25, 0.3) is 0 Å². The van der Waals surface area contributed by atoms with E-state index in [9.17, 15) is 0 Å². The van der Waals surface area contributed by atoms with Gasteiger partial charge in [0.2, 0.25) is 0 Å². The van der Waals surface area contributed by atoms with Gasteiger partial charge in [-0.1, -0.05) is 20.3 Å². The third-order valence-electron chi connectivity index (χ3n) is 4.21. The third kappa shape index (κ3) is 1.94. The van der Waals surface area contributed by atoms with E-state index in [-0.39, 0.29) is 4.87 Å². The van der Waals surface area contributed by atoms with Crippen LogP contribution in [0.3, 0.4) is 0 Å². The van der Waals surface area contributed by atoms with Crippen molar-refractivity contribution in [1.29, 1.82) is 0 Å². The van der Waals surface area contributed by atoms with E-state index in [2.05, 4.69) is 26.1 Å². The second-order valence-corrected chi connectivity index (χ2v) is 6.61. The maximum Gasteiger partial charge on any atom is 0.0598 e. The summed E-state index contributed by atoms with van der Waals surface area (Å²) in [5.74, 6) is 0. The molecule has 82 valence electrons. The zero-order valence-corrected chi connectivity index (χ0v) is 10.3. The molecule has 0 heterocycles. The van der Waals surface area contributed by atoms with Crippen LogP contribution in [-0.4, -0.2) is 17.0 Å². The first kappa shape index (κ1) is 10.8. The molecule has 2 saturated carbocycles. The standard InChI is InChI=1S/C12H22ClN/c1-9(12(13)7-8-12)14-10-5-4-6-11(10,2)3/h9-10,14H,4-8H2,1-3H3. The van der Waals surface area contributed by atoms with E-state index in [1.807, 2.05) is 0 Å². The fourth-order valence-corrected chi connectivity index (χ4v) is 2.80. The molecule has 2 aliphatic carbocycles. The molecule has 2 heteroatoms. The Kier molecular flexibility index (Phi) is 2.60. The second kappa shape index (κ2) is 3.38. The molecule has 0 aromatic carbocycles. The lowest BCUT2D eigenvalue weighted by Crippen LogP contribution is -2.47. The summed E-state index contributed by atoms with van der Waals surface area (Å²) in [4.78, 5) is 0.0959. The van der Waals surface area contributed by atoms with Crippen LogP contribution in [0, 0.1) is 5.41 Å². The molecule has 1 nitrogen and oxygen atoms in total. The van der Waals surface area contributed by atoms with Gasteiger partial charge in [0.05, 0.1) is 4.87 Å². The van der Waals surface area contributed by atoms with Gasteiger partial charge in [0.15, 0.2) is 0 Å². The number of halogens is 1. The summed E-state index contributed by atoms with van der Waals surface area (Å²) in [6.45, 7) is 6.99. The van der Waals surface area contributed by atoms with Gasteiger partial charge in [0.1, 0.15) is 0 Å². The SMILES string of the molecule is CC(NC1CCCC1(C)C)C1(Cl)CC1. The highest BCUT2D eigenvalue weighted by atomic mass is 35.5. The van der Waals surface area contributed by atoms with Crippen LogP contribution in [-0.2, 0) is 0 Å². The lowest BCUT2D eigenvalue weighted by atomic mass is 9.87. The van der Waals surface area contributed by atoms with Crippen molar-refractivity contribution in [3.8, 4) is 0 Å². The molecular weight excluding hydrogens is 194 g/mol. The number of alkyl halides is 1. The van der Waals surface area contributed by atoms with Crippen molar-refractivity contribution in [3.63, 3.8) is 0 Å². The topological polar surface area (TPSA) is 12.0 Å². The van der Waals surface area contributed by atoms with Gasteiger partial charge in [-0.2, -0.15) is 0 Å². The first-order valence-electron chi connectivity index (χ1n) is 5.89. The summed E-state index contributed by atoms with van der Waals surface area (Å²) in [6, 6.07) is 1.15. The van der Waals surface area contributed by atoms with Gasteiger partial charge in [-0.05, 0) is 38.0 Å². The molecule has 2 atom stereocenters. The Balaban J connectivity index is 1.91. The average molecular weight is 216 g/mol. The summed E-state index contributed by atoms with van der Waals surface area (Å²) in [5, 5.41) is 3.74. The molecule has 14 heavy (non-hydrogen) atoms. The lowest BCUT2D eigenvalue weighted by Gasteiger charge is -2.32. The van der Waals surface area contributed by atoms with Crippen molar-refractivity contribution < 1.29 is 0 Å². The van der Waals surface area contributed by atoms with Crippen LogP contribution in [0.1, 0.15) is 52.9 Å². The van der Waals surface area contributed by atoms with Gasteiger partial charge >= 0.3 is 0 Å². The van der Waals surface area contributed by atoms with Crippen molar-refractivity contribution in [3.05, 3.63) is 0 Å². The van der Waals surface area contributed by atoms with Crippen molar-refractivity contribution >= 4 is 11.6 Å². The largest absolute Gasteiger partial charge is 0.309 e. The Labute approximate surface area is 92.6 Å². The van der Waals surface area contributed by atoms with Crippen LogP contribution in [0.5, 0.6) is 0 Å². The zero-order valence-electron chi connectivity index (χ0n) is 9.57. The first-order valence-corrected chi connectivity index (χ1v) is 6.27. The summed E-state index contributed by atoms with van der Waals surface area (Å²) in [5.41, 5.74) is 0.469.